The predicted octanol–water partition coefficient (Wildman–Crippen LogP) is 3.33. The lowest BCUT2D eigenvalue weighted by Crippen LogP contribution is -2.24. The molecule has 0 bridgehead atoms. The number of amides is 2. The average molecular weight is 424 g/mol. The van der Waals surface area contributed by atoms with Crippen LogP contribution in [0.2, 0.25) is 0 Å². The maximum absolute atomic E-state index is 12.6. The highest BCUT2D eigenvalue weighted by Crippen LogP contribution is 2.34. The average Bonchev–Trinajstić information content (AvgIpc) is 3.40. The summed E-state index contributed by atoms with van der Waals surface area (Å²) in [6.45, 7) is 0.540. The molecule has 1 fully saturated rings. The van der Waals surface area contributed by atoms with E-state index in [1.54, 1.807) is 23.1 Å². The highest BCUT2D eigenvalue weighted by Gasteiger charge is 2.33. The van der Waals surface area contributed by atoms with Gasteiger partial charge < -0.3 is 14.4 Å². The molecule has 9 heteroatoms. The predicted molar refractivity (Wildman–Crippen MR) is 114 cm³/mol. The van der Waals surface area contributed by atoms with Gasteiger partial charge in [-0.2, -0.15) is 0 Å². The number of hydrogen-bond acceptors (Lipinski definition) is 7. The van der Waals surface area contributed by atoms with Crippen molar-refractivity contribution in [1.29, 1.82) is 0 Å². The van der Waals surface area contributed by atoms with Gasteiger partial charge in [0.15, 0.2) is 0 Å². The summed E-state index contributed by atoms with van der Waals surface area (Å²) in [4.78, 5) is 26.8. The van der Waals surface area contributed by atoms with Crippen LogP contribution in [0.25, 0.3) is 0 Å². The Morgan fingerprint density at radius 1 is 1.10 bits per heavy atom. The summed E-state index contributed by atoms with van der Waals surface area (Å²) in [6, 6.07) is 14.5. The summed E-state index contributed by atoms with van der Waals surface area (Å²) in [5.74, 6) is 0.683. The molecule has 1 saturated heterocycles. The first-order chi connectivity index (χ1) is 14.6. The minimum atomic E-state index is -0.344. The second-order valence-corrected chi connectivity index (χ2v) is 7.75. The molecule has 1 N–H and O–H groups in total. The number of carbonyl (C=O) groups is 2. The minimum absolute atomic E-state index is 0.0514. The van der Waals surface area contributed by atoms with E-state index in [0.29, 0.717) is 35.2 Å². The van der Waals surface area contributed by atoms with Crippen LogP contribution in [0, 0.1) is 0 Å². The number of anilines is 2. The number of rotatable bonds is 6. The van der Waals surface area contributed by atoms with Crippen molar-refractivity contribution in [2.24, 2.45) is 0 Å². The van der Waals surface area contributed by atoms with E-state index >= 15 is 0 Å². The van der Waals surface area contributed by atoms with Crippen molar-refractivity contribution in [2.45, 2.75) is 12.3 Å². The molecule has 0 radical (unpaired) electrons. The smallest absolute Gasteiger partial charge is 0.257 e. The van der Waals surface area contributed by atoms with Gasteiger partial charge >= 0.3 is 0 Å². The molecule has 2 heterocycles. The summed E-state index contributed by atoms with van der Waals surface area (Å²) < 4.78 is 10.4. The molecule has 1 atom stereocenters. The fourth-order valence-electron chi connectivity index (χ4n) is 3.29. The number of aromatic nitrogens is 2. The summed E-state index contributed by atoms with van der Waals surface area (Å²) >= 11 is 1.28. The molecule has 0 saturated carbocycles. The van der Waals surface area contributed by atoms with Gasteiger partial charge in [-0.15, -0.1) is 10.2 Å². The number of para-hydroxylation sites is 1. The van der Waals surface area contributed by atoms with Crippen molar-refractivity contribution >= 4 is 34.0 Å². The van der Waals surface area contributed by atoms with Crippen molar-refractivity contribution in [1.82, 2.24) is 10.2 Å². The van der Waals surface area contributed by atoms with Crippen LogP contribution in [0.15, 0.2) is 48.5 Å². The van der Waals surface area contributed by atoms with Crippen LogP contribution < -0.4 is 19.7 Å². The van der Waals surface area contributed by atoms with Gasteiger partial charge in [-0.05, 0) is 24.3 Å². The summed E-state index contributed by atoms with van der Waals surface area (Å²) in [6.07, 6.45) is 0.366. The Kier molecular flexibility index (Phi) is 5.62. The number of hydrogen-bond donors (Lipinski definition) is 1. The van der Waals surface area contributed by atoms with Crippen molar-refractivity contribution in [2.75, 3.05) is 31.0 Å². The number of ether oxygens (including phenoxy) is 2. The van der Waals surface area contributed by atoms with E-state index in [4.69, 9.17) is 9.47 Å². The van der Waals surface area contributed by atoms with Gasteiger partial charge in [0.1, 0.15) is 16.5 Å². The molecule has 2 aromatic carbocycles. The monoisotopic (exact) mass is 424 g/mol. The summed E-state index contributed by atoms with van der Waals surface area (Å²) in [5.41, 5.74) is 1.25. The van der Waals surface area contributed by atoms with Crippen LogP contribution in [0.3, 0.4) is 0 Å². The molecule has 1 aliphatic heterocycles. The molecule has 30 heavy (non-hydrogen) atoms. The Balaban J connectivity index is 1.46. The largest absolute Gasteiger partial charge is 0.497 e. The number of nitrogens with one attached hydrogen (secondary N) is 1. The fraction of sp³-hybridized carbons (Fsp3) is 0.238. The number of benzene rings is 2. The van der Waals surface area contributed by atoms with Crippen molar-refractivity contribution < 1.29 is 19.1 Å². The third-order valence-electron chi connectivity index (χ3n) is 4.82. The first-order valence-corrected chi connectivity index (χ1v) is 10.1. The van der Waals surface area contributed by atoms with Gasteiger partial charge in [0.05, 0.1) is 14.2 Å². The van der Waals surface area contributed by atoms with Crippen LogP contribution in [0.1, 0.15) is 27.7 Å². The van der Waals surface area contributed by atoms with Crippen LogP contribution in [-0.4, -0.2) is 42.8 Å². The van der Waals surface area contributed by atoms with E-state index in [9.17, 15) is 9.59 Å². The van der Waals surface area contributed by atoms with Crippen LogP contribution >= 0.6 is 11.3 Å². The minimum Gasteiger partial charge on any atom is -0.497 e. The van der Waals surface area contributed by atoms with Gasteiger partial charge in [-0.25, -0.2) is 0 Å². The molecule has 4 rings (SSSR count). The molecule has 154 valence electrons. The van der Waals surface area contributed by atoms with E-state index in [-0.39, 0.29) is 17.7 Å². The van der Waals surface area contributed by atoms with Crippen LogP contribution in [-0.2, 0) is 4.79 Å². The lowest BCUT2D eigenvalue weighted by Gasteiger charge is -2.15. The van der Waals surface area contributed by atoms with E-state index in [2.05, 4.69) is 15.5 Å². The van der Waals surface area contributed by atoms with Gasteiger partial charge in [-0.3, -0.25) is 14.9 Å². The lowest BCUT2D eigenvalue weighted by atomic mass is 10.1. The van der Waals surface area contributed by atoms with Crippen LogP contribution in [0.5, 0.6) is 11.5 Å². The van der Waals surface area contributed by atoms with Gasteiger partial charge in [0.2, 0.25) is 11.0 Å². The topological polar surface area (TPSA) is 93.6 Å². The van der Waals surface area contributed by atoms with Gasteiger partial charge in [0.25, 0.3) is 5.91 Å². The van der Waals surface area contributed by atoms with Crippen molar-refractivity contribution in [3.05, 3.63) is 59.1 Å². The zero-order valence-electron chi connectivity index (χ0n) is 16.5. The Hall–Kier alpha value is -3.46. The normalized spacial score (nSPS) is 15.9. The molecule has 8 nitrogen and oxygen atoms in total. The molecule has 3 aromatic rings. The Morgan fingerprint density at radius 3 is 2.47 bits per heavy atom. The number of methoxy groups -OCH3 is 2. The maximum Gasteiger partial charge on any atom is 0.257 e. The van der Waals surface area contributed by atoms with Crippen molar-refractivity contribution in [3.8, 4) is 11.5 Å². The summed E-state index contributed by atoms with van der Waals surface area (Å²) in [5, 5.41) is 12.1. The first-order valence-electron chi connectivity index (χ1n) is 9.30. The second-order valence-electron chi connectivity index (χ2n) is 6.74. The highest BCUT2D eigenvalue weighted by atomic mass is 32.1. The van der Waals surface area contributed by atoms with E-state index in [0.717, 1.165) is 10.7 Å². The maximum atomic E-state index is 12.6. The van der Waals surface area contributed by atoms with E-state index in [1.165, 1.54) is 25.6 Å². The SMILES string of the molecule is COc1cc(OC)cc(C(=O)Nc2nnc(C3CC(=O)N(c4ccccc4)C3)s2)c1. The summed E-state index contributed by atoms with van der Waals surface area (Å²) in [7, 11) is 3.05. The third-order valence-corrected chi connectivity index (χ3v) is 5.82. The first kappa shape index (κ1) is 19.8. The van der Waals surface area contributed by atoms with E-state index < -0.39 is 0 Å². The number of nitrogens with zero attached hydrogens (tertiary/aromatic N) is 3. The zero-order chi connectivity index (χ0) is 21.1. The Morgan fingerprint density at radius 2 is 1.80 bits per heavy atom. The molecule has 1 unspecified atom stereocenters. The van der Waals surface area contributed by atoms with Gasteiger partial charge in [-0.1, -0.05) is 29.5 Å². The number of carbonyl (C=O) groups excluding carboxylic acids is 2. The molecule has 1 aromatic heterocycles. The van der Waals surface area contributed by atoms with E-state index in [1.807, 2.05) is 30.3 Å². The molecular weight excluding hydrogens is 404 g/mol. The Labute approximate surface area is 177 Å². The standard InChI is InChI=1S/C21H20N4O4S/c1-28-16-8-13(9-17(11-16)29-2)19(27)22-21-24-23-20(30-21)14-10-18(26)25(12-14)15-6-4-3-5-7-15/h3-9,11,14H,10,12H2,1-2H3,(H,22,24,27). The van der Waals surface area contributed by atoms with Crippen LogP contribution in [0.4, 0.5) is 10.8 Å². The van der Waals surface area contributed by atoms with Crippen molar-refractivity contribution in [3.63, 3.8) is 0 Å². The zero-order valence-corrected chi connectivity index (χ0v) is 17.3. The Bertz CT molecular complexity index is 1050. The highest BCUT2D eigenvalue weighted by molar-refractivity contribution is 7.15. The molecule has 0 aliphatic carbocycles. The fourth-order valence-corrected chi connectivity index (χ4v) is 4.12. The van der Waals surface area contributed by atoms with Gasteiger partial charge in [0, 0.05) is 36.2 Å². The second kappa shape index (κ2) is 8.50. The molecule has 1 aliphatic rings. The molecule has 0 spiro atoms. The molecule has 2 amide bonds. The third kappa shape index (κ3) is 4.11. The molecular formula is C21H20N4O4S. The quantitative estimate of drug-likeness (QED) is 0.652. The lowest BCUT2D eigenvalue weighted by molar-refractivity contribution is -0.117.